The van der Waals surface area contributed by atoms with Crippen LogP contribution in [-0.4, -0.2) is 32.5 Å². The molecule has 7 nitrogen and oxygen atoms in total. The van der Waals surface area contributed by atoms with Crippen molar-refractivity contribution in [2.75, 3.05) is 20.8 Å². The van der Waals surface area contributed by atoms with E-state index in [1.54, 1.807) is 48.5 Å². The lowest BCUT2D eigenvalue weighted by molar-refractivity contribution is -0.140. The molecule has 180 valence electrons. The molecule has 0 aliphatic rings. The molecule has 0 spiro atoms. The van der Waals surface area contributed by atoms with Crippen molar-refractivity contribution in [2.24, 2.45) is 5.16 Å². The first kappa shape index (κ1) is 25.2. The van der Waals surface area contributed by atoms with Crippen LogP contribution in [0.2, 0.25) is 0 Å². The van der Waals surface area contributed by atoms with Crippen LogP contribution in [0.25, 0.3) is 0 Å². The van der Waals surface area contributed by atoms with Crippen molar-refractivity contribution in [1.82, 2.24) is 0 Å². The Morgan fingerprint density at radius 3 is 2.31 bits per heavy atom. The van der Waals surface area contributed by atoms with Gasteiger partial charge in [-0.2, -0.15) is 5.26 Å². The minimum atomic E-state index is -0.425. The summed E-state index contributed by atoms with van der Waals surface area (Å²) in [7, 11) is 2.76. The van der Waals surface area contributed by atoms with Gasteiger partial charge in [-0.15, -0.1) is 0 Å². The third-order valence-electron chi connectivity index (χ3n) is 5.10. The summed E-state index contributed by atoms with van der Waals surface area (Å²) in [4.78, 5) is 16.2. The topological polar surface area (TPSA) is 90.1 Å². The van der Waals surface area contributed by atoms with E-state index in [4.69, 9.17) is 19.6 Å². The second kappa shape index (κ2) is 12.8. The van der Waals surface area contributed by atoms with Crippen LogP contribution < -0.4 is 9.47 Å². The van der Waals surface area contributed by atoms with Crippen molar-refractivity contribution in [3.05, 3.63) is 94.8 Å². The summed E-state index contributed by atoms with van der Waals surface area (Å²) in [6, 6.07) is 21.0. The van der Waals surface area contributed by atoms with Gasteiger partial charge in [0.25, 0.3) is 0 Å². The first-order valence-corrected chi connectivity index (χ1v) is 10.8. The summed E-state index contributed by atoms with van der Waals surface area (Å²) in [5, 5.41) is 13.0. The van der Waals surface area contributed by atoms with Crippen molar-refractivity contribution in [3.63, 3.8) is 0 Å². The number of hydrogen-bond acceptors (Lipinski definition) is 7. The van der Waals surface area contributed by atoms with E-state index < -0.39 is 5.82 Å². The molecule has 0 fully saturated rings. The van der Waals surface area contributed by atoms with Gasteiger partial charge >= 0.3 is 5.97 Å². The van der Waals surface area contributed by atoms with Crippen molar-refractivity contribution < 1.29 is 28.2 Å². The summed E-state index contributed by atoms with van der Waals surface area (Å²) in [5.74, 6) is 0.222. The van der Waals surface area contributed by atoms with E-state index in [9.17, 15) is 9.18 Å². The van der Waals surface area contributed by atoms with E-state index in [2.05, 4.69) is 16.0 Å². The maximum atomic E-state index is 14.3. The third-order valence-corrected chi connectivity index (χ3v) is 5.10. The molecular weight excluding hydrogens is 451 g/mol. The quantitative estimate of drug-likeness (QED) is 0.224. The number of esters is 1. The molecule has 0 bridgehead atoms. The number of carbonyl (C=O) groups excluding carboxylic acids is 1. The van der Waals surface area contributed by atoms with Crippen LogP contribution in [0, 0.1) is 17.1 Å². The second-order valence-corrected chi connectivity index (χ2v) is 7.46. The summed E-state index contributed by atoms with van der Waals surface area (Å²) in [6.45, 7) is 0.431. The van der Waals surface area contributed by atoms with E-state index in [1.807, 2.05) is 12.1 Å². The molecule has 3 aromatic carbocycles. The minimum absolute atomic E-state index is 0.119. The van der Waals surface area contributed by atoms with Crippen LogP contribution in [0.4, 0.5) is 4.39 Å². The molecule has 0 amide bonds. The van der Waals surface area contributed by atoms with E-state index in [0.717, 1.165) is 11.1 Å². The molecule has 0 unspecified atom stereocenters. The van der Waals surface area contributed by atoms with Crippen molar-refractivity contribution in [2.45, 2.75) is 19.4 Å². The predicted molar refractivity (Wildman–Crippen MR) is 128 cm³/mol. The summed E-state index contributed by atoms with van der Waals surface area (Å²) >= 11 is 0. The van der Waals surface area contributed by atoms with E-state index in [0.29, 0.717) is 28.3 Å². The lowest BCUT2D eigenvalue weighted by Gasteiger charge is -2.11. The van der Waals surface area contributed by atoms with Crippen LogP contribution in [0.15, 0.2) is 71.9 Å². The number of hydrogen-bond donors (Lipinski definition) is 0. The van der Waals surface area contributed by atoms with Gasteiger partial charge < -0.3 is 19.0 Å². The Morgan fingerprint density at radius 1 is 0.971 bits per heavy atom. The molecule has 0 radical (unpaired) electrons. The molecule has 8 heteroatoms. The largest absolute Gasteiger partial charge is 0.489 e. The van der Waals surface area contributed by atoms with Gasteiger partial charge in [0.1, 0.15) is 43.4 Å². The molecule has 0 saturated carbocycles. The number of halogens is 1. The zero-order valence-electron chi connectivity index (χ0n) is 19.5. The predicted octanol–water partition coefficient (Wildman–Crippen LogP) is 4.81. The maximum absolute atomic E-state index is 14.3. The molecule has 0 N–H and O–H groups in total. The fraction of sp³-hybridized carbons (Fsp3) is 0.222. The Labute approximate surface area is 203 Å². The van der Waals surface area contributed by atoms with E-state index in [-0.39, 0.29) is 32.0 Å². The third kappa shape index (κ3) is 7.57. The number of rotatable bonds is 11. The monoisotopic (exact) mass is 476 g/mol. The number of nitrogens with zero attached hydrogens (tertiary/aromatic N) is 2. The van der Waals surface area contributed by atoms with Gasteiger partial charge in [0.05, 0.1) is 18.7 Å². The molecule has 0 aromatic heterocycles. The Hall–Kier alpha value is -4.38. The highest BCUT2D eigenvalue weighted by molar-refractivity contribution is 6.01. The number of aryl methyl sites for hydroxylation is 1. The summed E-state index contributed by atoms with van der Waals surface area (Å²) < 4.78 is 30.4. The normalized spacial score (nSPS) is 10.9. The molecule has 0 aliphatic carbocycles. The maximum Gasteiger partial charge on any atom is 0.305 e. The Bertz CT molecular complexity index is 1200. The zero-order chi connectivity index (χ0) is 25.0. The first-order chi connectivity index (χ1) is 17.0. The standard InChI is InChI=1S/C27H25FN2O5/c1-32-27(31)14-10-21-9-13-24(15-25(21)28)34-17-20-5-11-23(12-6-20)35-18-26(30-33-2)22-7-3-19(16-29)4-8-22/h3-9,11-13,15H,10,14,17-18H2,1-2H3/b30-26+. The zero-order valence-corrected chi connectivity index (χ0v) is 19.5. The molecule has 3 aromatic rings. The van der Waals surface area contributed by atoms with Gasteiger partial charge in [0, 0.05) is 18.1 Å². The molecule has 0 atom stereocenters. The van der Waals surface area contributed by atoms with Gasteiger partial charge in [0.2, 0.25) is 0 Å². The van der Waals surface area contributed by atoms with E-state index >= 15 is 0 Å². The Morgan fingerprint density at radius 2 is 1.69 bits per heavy atom. The number of nitriles is 1. The van der Waals surface area contributed by atoms with Crippen molar-refractivity contribution >= 4 is 11.7 Å². The van der Waals surface area contributed by atoms with E-state index in [1.165, 1.54) is 20.3 Å². The van der Waals surface area contributed by atoms with Crippen LogP contribution in [0.1, 0.15) is 28.7 Å². The highest BCUT2D eigenvalue weighted by Gasteiger charge is 2.09. The lowest BCUT2D eigenvalue weighted by atomic mass is 10.1. The molecule has 0 aliphatic heterocycles. The van der Waals surface area contributed by atoms with Gasteiger partial charge in [-0.25, -0.2) is 4.39 Å². The van der Waals surface area contributed by atoms with Gasteiger partial charge in [-0.3, -0.25) is 4.79 Å². The Balaban J connectivity index is 1.53. The van der Waals surface area contributed by atoms with Crippen LogP contribution in [0.3, 0.4) is 0 Å². The van der Waals surface area contributed by atoms with Crippen molar-refractivity contribution in [3.8, 4) is 17.6 Å². The average molecular weight is 477 g/mol. The second-order valence-electron chi connectivity index (χ2n) is 7.46. The van der Waals surface area contributed by atoms with Crippen molar-refractivity contribution in [1.29, 1.82) is 5.26 Å². The smallest absolute Gasteiger partial charge is 0.305 e. The lowest BCUT2D eigenvalue weighted by Crippen LogP contribution is -2.13. The number of benzene rings is 3. The molecule has 0 heterocycles. The van der Waals surface area contributed by atoms with Crippen LogP contribution in [-0.2, 0) is 27.4 Å². The first-order valence-electron chi connectivity index (χ1n) is 10.8. The minimum Gasteiger partial charge on any atom is -0.489 e. The van der Waals surface area contributed by atoms with Gasteiger partial charge in [-0.05, 0) is 47.9 Å². The highest BCUT2D eigenvalue weighted by Crippen LogP contribution is 2.20. The fourth-order valence-electron chi connectivity index (χ4n) is 3.17. The van der Waals surface area contributed by atoms with Crippen LogP contribution >= 0.6 is 0 Å². The summed E-state index contributed by atoms with van der Waals surface area (Å²) in [5.41, 5.74) is 3.24. The molecule has 3 rings (SSSR count). The molecular formula is C27H25FN2O5. The van der Waals surface area contributed by atoms with Gasteiger partial charge in [-0.1, -0.05) is 35.5 Å². The Kier molecular flexibility index (Phi) is 9.20. The molecule has 0 saturated heterocycles. The number of methoxy groups -OCH3 is 1. The SMILES string of the molecule is CO/N=C(\COc1ccc(COc2ccc(CCC(=O)OC)c(F)c2)cc1)c1ccc(C#N)cc1. The molecule has 35 heavy (non-hydrogen) atoms. The summed E-state index contributed by atoms with van der Waals surface area (Å²) in [6.07, 6.45) is 0.385. The van der Waals surface area contributed by atoms with Crippen LogP contribution in [0.5, 0.6) is 11.5 Å². The highest BCUT2D eigenvalue weighted by atomic mass is 19.1. The average Bonchev–Trinajstić information content (AvgIpc) is 2.89. The van der Waals surface area contributed by atoms with Gasteiger partial charge in [0.15, 0.2) is 0 Å². The number of carbonyl (C=O) groups is 1. The number of ether oxygens (including phenoxy) is 3. The fourth-order valence-corrected chi connectivity index (χ4v) is 3.17. The number of oxime groups is 1.